The highest BCUT2D eigenvalue weighted by Gasteiger charge is 2.17. The molecule has 0 saturated heterocycles. The van der Waals surface area contributed by atoms with Gasteiger partial charge in [-0.2, -0.15) is 0 Å². The summed E-state index contributed by atoms with van der Waals surface area (Å²) in [4.78, 5) is 17.4. The number of furan rings is 1. The number of carbonyl (C=O) groups is 1. The Morgan fingerprint density at radius 3 is 2.76 bits per heavy atom. The van der Waals surface area contributed by atoms with Crippen molar-refractivity contribution in [3.05, 3.63) is 89.3 Å². The zero-order chi connectivity index (χ0) is 20.4. The van der Waals surface area contributed by atoms with Crippen LogP contribution in [0.1, 0.15) is 46.1 Å². The Bertz CT molecular complexity index is 1160. The normalized spacial score (nSPS) is 12.1. The molecule has 0 spiro atoms. The summed E-state index contributed by atoms with van der Waals surface area (Å²) in [5, 5.41) is 2.96. The van der Waals surface area contributed by atoms with Crippen molar-refractivity contribution in [2.24, 2.45) is 0 Å². The highest BCUT2D eigenvalue weighted by molar-refractivity contribution is 5.97. The first-order valence-electron chi connectivity index (χ1n) is 9.53. The number of carbonyl (C=O) groups excluding carboxylic acids is 1. The predicted molar refractivity (Wildman–Crippen MR) is 110 cm³/mol. The number of amides is 1. The number of imidazole rings is 1. The lowest BCUT2D eigenvalue weighted by molar-refractivity contribution is 0.0930. The quantitative estimate of drug-likeness (QED) is 0.523. The van der Waals surface area contributed by atoms with Gasteiger partial charge in [-0.05, 0) is 56.7 Å². The van der Waals surface area contributed by atoms with E-state index in [1.165, 1.54) is 0 Å². The van der Waals surface area contributed by atoms with Crippen molar-refractivity contribution in [2.75, 3.05) is 0 Å². The third-order valence-electron chi connectivity index (χ3n) is 4.77. The first-order valence-corrected chi connectivity index (χ1v) is 9.53. The van der Waals surface area contributed by atoms with Gasteiger partial charge < -0.3 is 18.9 Å². The van der Waals surface area contributed by atoms with Crippen LogP contribution in [0.5, 0.6) is 5.75 Å². The van der Waals surface area contributed by atoms with Gasteiger partial charge in [0.25, 0.3) is 5.91 Å². The molecule has 0 aliphatic carbocycles. The fourth-order valence-corrected chi connectivity index (χ4v) is 3.24. The fraction of sp³-hybridized carbons (Fsp3) is 0.217. The van der Waals surface area contributed by atoms with Crippen LogP contribution in [0.3, 0.4) is 0 Å². The molecule has 1 atom stereocenters. The van der Waals surface area contributed by atoms with Gasteiger partial charge in [0.05, 0.1) is 17.3 Å². The van der Waals surface area contributed by atoms with Crippen molar-refractivity contribution >= 4 is 11.6 Å². The predicted octanol–water partition coefficient (Wildman–Crippen LogP) is 4.61. The van der Waals surface area contributed by atoms with Crippen LogP contribution in [0, 0.1) is 13.8 Å². The van der Waals surface area contributed by atoms with E-state index < -0.39 is 0 Å². The maximum Gasteiger partial charge on any atom is 0.255 e. The van der Waals surface area contributed by atoms with E-state index in [4.69, 9.17) is 9.15 Å². The number of hydrogen-bond donors (Lipinski definition) is 1. The van der Waals surface area contributed by atoms with Gasteiger partial charge in [0, 0.05) is 12.4 Å². The molecule has 29 heavy (non-hydrogen) atoms. The summed E-state index contributed by atoms with van der Waals surface area (Å²) < 4.78 is 13.5. The number of benzene rings is 1. The molecular weight excluding hydrogens is 366 g/mol. The average molecular weight is 389 g/mol. The van der Waals surface area contributed by atoms with E-state index in [2.05, 4.69) is 10.3 Å². The topological polar surface area (TPSA) is 68.8 Å². The highest BCUT2D eigenvalue weighted by Crippen LogP contribution is 2.22. The fourth-order valence-electron chi connectivity index (χ4n) is 3.24. The van der Waals surface area contributed by atoms with Crippen LogP contribution in [0.15, 0.2) is 65.3 Å². The number of rotatable bonds is 6. The van der Waals surface area contributed by atoms with Crippen LogP contribution in [0.2, 0.25) is 0 Å². The van der Waals surface area contributed by atoms with Gasteiger partial charge >= 0.3 is 0 Å². The first-order chi connectivity index (χ1) is 14.0. The SMILES string of the molecule is Cc1ccc(C(C)NC(=O)c2ccccc2OCc2cn3cccc(C)c3n2)o1. The number of hydrogen-bond acceptors (Lipinski definition) is 4. The zero-order valence-corrected chi connectivity index (χ0v) is 16.7. The number of aromatic nitrogens is 2. The van der Waals surface area contributed by atoms with E-state index in [0.29, 0.717) is 17.1 Å². The Morgan fingerprint density at radius 1 is 1.17 bits per heavy atom. The largest absolute Gasteiger partial charge is 0.486 e. The lowest BCUT2D eigenvalue weighted by atomic mass is 10.1. The maximum atomic E-state index is 12.8. The molecule has 3 heterocycles. The minimum Gasteiger partial charge on any atom is -0.486 e. The Hall–Kier alpha value is -3.54. The molecule has 0 aliphatic heterocycles. The van der Waals surface area contributed by atoms with Crippen molar-refractivity contribution in [3.63, 3.8) is 0 Å². The van der Waals surface area contributed by atoms with Crippen LogP contribution in [0.4, 0.5) is 0 Å². The Kier molecular flexibility index (Phi) is 5.08. The van der Waals surface area contributed by atoms with E-state index in [-0.39, 0.29) is 18.6 Å². The molecule has 0 bridgehead atoms. The average Bonchev–Trinajstić information content (AvgIpc) is 3.33. The number of nitrogens with zero attached hydrogens (tertiary/aromatic N) is 2. The molecule has 1 N–H and O–H groups in total. The molecule has 6 heteroatoms. The molecule has 4 aromatic rings. The summed E-state index contributed by atoms with van der Waals surface area (Å²) in [6.07, 6.45) is 3.89. The molecule has 1 unspecified atom stereocenters. The van der Waals surface area contributed by atoms with E-state index in [0.717, 1.165) is 22.7 Å². The second-order valence-electron chi connectivity index (χ2n) is 7.08. The minimum absolute atomic E-state index is 0.215. The lowest BCUT2D eigenvalue weighted by Crippen LogP contribution is -2.26. The Labute approximate surface area is 169 Å². The van der Waals surface area contributed by atoms with Gasteiger partial charge in [-0.1, -0.05) is 18.2 Å². The summed E-state index contributed by atoms with van der Waals surface area (Å²) in [6, 6.07) is 14.7. The molecule has 0 radical (unpaired) electrons. The molecule has 0 aliphatic rings. The van der Waals surface area contributed by atoms with E-state index in [1.807, 2.05) is 74.0 Å². The van der Waals surface area contributed by atoms with E-state index in [9.17, 15) is 4.79 Å². The molecule has 1 amide bonds. The van der Waals surface area contributed by atoms with E-state index >= 15 is 0 Å². The monoisotopic (exact) mass is 389 g/mol. The Morgan fingerprint density at radius 2 is 2.00 bits per heavy atom. The second-order valence-corrected chi connectivity index (χ2v) is 7.08. The molecule has 4 rings (SSSR count). The summed E-state index contributed by atoms with van der Waals surface area (Å²) in [5.41, 5.74) is 3.27. The highest BCUT2D eigenvalue weighted by atomic mass is 16.5. The summed E-state index contributed by atoms with van der Waals surface area (Å²) >= 11 is 0. The van der Waals surface area contributed by atoms with Gasteiger partial charge in [-0.25, -0.2) is 4.98 Å². The standard InChI is InChI=1S/C23H23N3O3/c1-15-7-6-12-26-13-18(25-22(15)26)14-28-21-9-5-4-8-19(21)23(27)24-17(3)20-11-10-16(2)29-20/h4-13,17H,14H2,1-3H3,(H,24,27). The number of ether oxygens (including phenoxy) is 1. The molecule has 6 nitrogen and oxygen atoms in total. The summed E-state index contributed by atoms with van der Waals surface area (Å²) in [7, 11) is 0. The summed E-state index contributed by atoms with van der Waals surface area (Å²) in [5.74, 6) is 1.83. The number of fused-ring (bicyclic) bond motifs is 1. The third-order valence-corrected chi connectivity index (χ3v) is 4.77. The molecule has 148 valence electrons. The molecule has 0 saturated carbocycles. The van der Waals surface area contributed by atoms with Crippen LogP contribution in [-0.4, -0.2) is 15.3 Å². The van der Waals surface area contributed by atoms with Crippen molar-refractivity contribution in [2.45, 2.75) is 33.4 Å². The van der Waals surface area contributed by atoms with Gasteiger partial charge in [-0.3, -0.25) is 4.79 Å². The van der Waals surface area contributed by atoms with Crippen molar-refractivity contribution in [1.82, 2.24) is 14.7 Å². The molecule has 1 aromatic carbocycles. The number of para-hydroxylation sites is 1. The second kappa shape index (κ2) is 7.83. The minimum atomic E-state index is -0.245. The van der Waals surface area contributed by atoms with Crippen LogP contribution < -0.4 is 10.1 Å². The number of nitrogens with one attached hydrogen (secondary N) is 1. The molecular formula is C23H23N3O3. The van der Waals surface area contributed by atoms with Gasteiger partial charge in [0.15, 0.2) is 0 Å². The van der Waals surface area contributed by atoms with Crippen LogP contribution in [0.25, 0.3) is 5.65 Å². The number of pyridine rings is 1. The summed E-state index contributed by atoms with van der Waals surface area (Å²) in [6.45, 7) is 6.06. The van der Waals surface area contributed by atoms with Crippen molar-refractivity contribution in [1.29, 1.82) is 0 Å². The smallest absolute Gasteiger partial charge is 0.255 e. The molecule has 3 aromatic heterocycles. The first kappa shape index (κ1) is 18.8. The third kappa shape index (κ3) is 4.01. The van der Waals surface area contributed by atoms with E-state index in [1.54, 1.807) is 12.1 Å². The molecule has 0 fully saturated rings. The van der Waals surface area contributed by atoms with Gasteiger partial charge in [0.2, 0.25) is 0 Å². The zero-order valence-electron chi connectivity index (χ0n) is 16.7. The van der Waals surface area contributed by atoms with Crippen LogP contribution >= 0.6 is 0 Å². The maximum absolute atomic E-state index is 12.8. The Balaban J connectivity index is 1.48. The van der Waals surface area contributed by atoms with Crippen LogP contribution in [-0.2, 0) is 6.61 Å². The van der Waals surface area contributed by atoms with Gasteiger partial charge in [-0.15, -0.1) is 0 Å². The lowest BCUT2D eigenvalue weighted by Gasteiger charge is -2.14. The van der Waals surface area contributed by atoms with Gasteiger partial charge in [0.1, 0.15) is 29.5 Å². The van der Waals surface area contributed by atoms with Crippen molar-refractivity contribution in [3.8, 4) is 5.75 Å². The van der Waals surface area contributed by atoms with Crippen molar-refractivity contribution < 1.29 is 13.9 Å². The number of aryl methyl sites for hydroxylation is 2.